The second kappa shape index (κ2) is 12.7. The number of nitrogens with zero attached hydrogens (tertiary/aromatic N) is 4. The minimum Gasteiger partial charge on any atom is -0.208 e. The molecule has 4 heteroatoms. The predicted octanol–water partition coefficient (Wildman–Crippen LogP) is 13.2. The van der Waals surface area contributed by atoms with Crippen LogP contribution in [0.4, 0.5) is 0 Å². The molecule has 4 nitrogen and oxygen atoms in total. The van der Waals surface area contributed by atoms with E-state index in [-0.39, 0.29) is 0 Å². The third-order valence-corrected chi connectivity index (χ3v) is 11.1. The molecule has 0 aliphatic heterocycles. The SMILES string of the molecule is N#Cc1cccc2c(-c3ccc4c5c(ccc(-c6ccc7cc(-c8nc(-c9ccccc9)nc(-c9ccccc9)n8)ccc7c6)c35)-c3ccccc3-4)cccc12. The van der Waals surface area contributed by atoms with E-state index in [0.29, 0.717) is 23.0 Å². The maximum Gasteiger partial charge on any atom is 0.164 e. The molecule has 0 radical (unpaired) electrons. The minimum absolute atomic E-state index is 0.634. The van der Waals surface area contributed by atoms with Gasteiger partial charge in [-0.2, -0.15) is 5.26 Å². The Morgan fingerprint density at radius 1 is 0.321 bits per heavy atom. The average Bonchev–Trinajstić information content (AvgIpc) is 3.60. The Morgan fingerprint density at radius 2 is 0.786 bits per heavy atom. The normalized spacial score (nSPS) is 11.6. The Kier molecular flexibility index (Phi) is 7.20. The Labute approximate surface area is 323 Å². The molecular formula is C52H30N4. The molecular weight excluding hydrogens is 681 g/mol. The third kappa shape index (κ3) is 5.03. The molecule has 0 unspecified atom stereocenters. The van der Waals surface area contributed by atoms with E-state index in [9.17, 15) is 5.26 Å². The number of benzene rings is 9. The van der Waals surface area contributed by atoms with Crippen LogP contribution < -0.4 is 0 Å². The van der Waals surface area contributed by atoms with Crippen LogP contribution in [0, 0.1) is 11.3 Å². The highest BCUT2D eigenvalue weighted by Gasteiger charge is 2.25. The quantitative estimate of drug-likeness (QED) is 0.178. The van der Waals surface area contributed by atoms with Gasteiger partial charge in [-0.1, -0.05) is 164 Å². The van der Waals surface area contributed by atoms with Crippen molar-refractivity contribution in [3.63, 3.8) is 0 Å². The first-order chi connectivity index (χ1) is 27.7. The monoisotopic (exact) mass is 710 g/mol. The topological polar surface area (TPSA) is 62.5 Å². The Bertz CT molecular complexity index is 3170. The van der Waals surface area contributed by atoms with E-state index >= 15 is 0 Å². The van der Waals surface area contributed by atoms with Crippen molar-refractivity contribution in [2.24, 2.45) is 0 Å². The van der Waals surface area contributed by atoms with E-state index in [1.54, 1.807) is 0 Å². The zero-order valence-corrected chi connectivity index (χ0v) is 30.1. The van der Waals surface area contributed by atoms with Crippen LogP contribution in [0.25, 0.3) is 111 Å². The van der Waals surface area contributed by atoms with Gasteiger partial charge in [0.2, 0.25) is 0 Å². The second-order valence-electron chi connectivity index (χ2n) is 14.3. The molecule has 11 rings (SSSR count). The lowest BCUT2D eigenvalue weighted by Gasteiger charge is -2.17. The molecule has 10 aromatic rings. The first kappa shape index (κ1) is 31.8. The largest absolute Gasteiger partial charge is 0.208 e. The van der Waals surface area contributed by atoms with Crippen LogP contribution in [-0.2, 0) is 0 Å². The molecule has 0 N–H and O–H groups in total. The fourth-order valence-corrected chi connectivity index (χ4v) is 8.49. The first-order valence-electron chi connectivity index (χ1n) is 18.7. The van der Waals surface area contributed by atoms with Gasteiger partial charge in [0.15, 0.2) is 17.5 Å². The zero-order valence-electron chi connectivity index (χ0n) is 30.1. The number of rotatable bonds is 5. The summed E-state index contributed by atoms with van der Waals surface area (Å²) in [5.41, 5.74) is 13.1. The van der Waals surface area contributed by atoms with Crippen LogP contribution in [-0.4, -0.2) is 15.0 Å². The van der Waals surface area contributed by atoms with Gasteiger partial charge in [0.25, 0.3) is 0 Å². The van der Waals surface area contributed by atoms with E-state index in [2.05, 4.69) is 109 Å². The molecule has 56 heavy (non-hydrogen) atoms. The maximum absolute atomic E-state index is 9.97. The fourth-order valence-electron chi connectivity index (χ4n) is 8.49. The van der Waals surface area contributed by atoms with Crippen LogP contribution >= 0.6 is 0 Å². The van der Waals surface area contributed by atoms with Gasteiger partial charge in [0.1, 0.15) is 0 Å². The second-order valence-corrected chi connectivity index (χ2v) is 14.3. The summed E-state index contributed by atoms with van der Waals surface area (Å²) in [7, 11) is 0. The number of hydrogen-bond donors (Lipinski definition) is 0. The Balaban J connectivity index is 1.09. The van der Waals surface area contributed by atoms with Crippen LogP contribution in [0.15, 0.2) is 182 Å². The van der Waals surface area contributed by atoms with Gasteiger partial charge in [-0.05, 0) is 89.6 Å². The molecule has 1 aliphatic rings. The summed E-state index contributed by atoms with van der Waals surface area (Å²) in [6.45, 7) is 0. The molecule has 1 aromatic heterocycles. The molecule has 9 aromatic carbocycles. The lowest BCUT2D eigenvalue weighted by atomic mass is 9.86. The lowest BCUT2D eigenvalue weighted by molar-refractivity contribution is 1.07. The van der Waals surface area contributed by atoms with Gasteiger partial charge >= 0.3 is 0 Å². The fraction of sp³-hybridized carbons (Fsp3) is 0. The lowest BCUT2D eigenvalue weighted by Crippen LogP contribution is -2.00. The van der Waals surface area contributed by atoms with Gasteiger partial charge in [-0.25, -0.2) is 15.0 Å². The average molecular weight is 711 g/mol. The molecule has 0 amide bonds. The number of hydrogen-bond acceptors (Lipinski definition) is 4. The van der Waals surface area contributed by atoms with E-state index in [1.165, 1.54) is 38.6 Å². The van der Waals surface area contributed by atoms with E-state index in [4.69, 9.17) is 15.0 Å². The number of aromatic nitrogens is 3. The maximum atomic E-state index is 9.97. The Morgan fingerprint density at radius 3 is 1.41 bits per heavy atom. The van der Waals surface area contributed by atoms with Crippen LogP contribution in [0.2, 0.25) is 0 Å². The van der Waals surface area contributed by atoms with Crippen molar-refractivity contribution >= 4 is 32.3 Å². The highest BCUT2D eigenvalue weighted by atomic mass is 15.0. The van der Waals surface area contributed by atoms with Gasteiger partial charge in [0.05, 0.1) is 11.6 Å². The molecule has 1 heterocycles. The van der Waals surface area contributed by atoms with Gasteiger partial charge in [-0.15, -0.1) is 0 Å². The summed E-state index contributed by atoms with van der Waals surface area (Å²) in [4.78, 5) is 14.8. The standard InChI is InChI=1S/C52H30N4/c53-31-38-15-9-19-41-39(38)18-10-20-44(41)45-27-28-47-43-17-8-7-16-42(43)46-26-25-40(48(45)49(46)47)36-23-21-35-30-37(24-22-34(35)29-36)52-55-50(32-11-3-1-4-12-32)54-51(56-52)33-13-5-2-6-14-33/h1-30H. The third-order valence-electron chi connectivity index (χ3n) is 11.1. The predicted molar refractivity (Wildman–Crippen MR) is 229 cm³/mol. The van der Waals surface area contributed by atoms with Crippen molar-refractivity contribution in [3.05, 3.63) is 188 Å². The van der Waals surface area contributed by atoms with E-state index in [0.717, 1.165) is 54.9 Å². The smallest absolute Gasteiger partial charge is 0.164 e. The van der Waals surface area contributed by atoms with E-state index < -0.39 is 0 Å². The summed E-state index contributed by atoms with van der Waals surface area (Å²) >= 11 is 0. The van der Waals surface area contributed by atoms with Crippen molar-refractivity contribution < 1.29 is 0 Å². The van der Waals surface area contributed by atoms with Crippen LogP contribution in [0.5, 0.6) is 0 Å². The molecule has 0 fully saturated rings. The molecule has 0 saturated heterocycles. The summed E-state index contributed by atoms with van der Waals surface area (Å²) < 4.78 is 0. The van der Waals surface area contributed by atoms with Crippen molar-refractivity contribution in [1.29, 1.82) is 5.26 Å². The molecule has 0 bridgehead atoms. The summed E-state index contributed by atoms with van der Waals surface area (Å²) in [5.74, 6) is 1.92. The van der Waals surface area contributed by atoms with Crippen LogP contribution in [0.3, 0.4) is 0 Å². The first-order valence-corrected chi connectivity index (χ1v) is 18.7. The van der Waals surface area contributed by atoms with Gasteiger partial charge < -0.3 is 0 Å². The summed E-state index contributed by atoms with van der Waals surface area (Å²) in [6, 6.07) is 65.9. The molecule has 1 aliphatic carbocycles. The summed E-state index contributed by atoms with van der Waals surface area (Å²) in [6.07, 6.45) is 0. The zero-order chi connectivity index (χ0) is 37.2. The number of fused-ring (bicyclic) bond motifs is 5. The van der Waals surface area contributed by atoms with E-state index in [1.807, 2.05) is 78.9 Å². The molecule has 0 atom stereocenters. The van der Waals surface area contributed by atoms with Gasteiger partial charge in [0, 0.05) is 22.1 Å². The van der Waals surface area contributed by atoms with Crippen molar-refractivity contribution in [2.45, 2.75) is 0 Å². The van der Waals surface area contributed by atoms with Crippen molar-refractivity contribution in [1.82, 2.24) is 15.0 Å². The van der Waals surface area contributed by atoms with Gasteiger partial charge in [-0.3, -0.25) is 0 Å². The summed E-state index contributed by atoms with van der Waals surface area (Å²) in [5, 5.41) is 16.7. The van der Waals surface area contributed by atoms with Crippen molar-refractivity contribution in [3.8, 4) is 84.7 Å². The molecule has 258 valence electrons. The minimum atomic E-state index is 0.634. The van der Waals surface area contributed by atoms with Crippen molar-refractivity contribution in [2.75, 3.05) is 0 Å². The number of nitriles is 1. The molecule has 0 spiro atoms. The highest BCUT2D eigenvalue weighted by Crippen LogP contribution is 2.52. The Hall–Kier alpha value is -7.74. The molecule has 0 saturated carbocycles. The highest BCUT2D eigenvalue weighted by molar-refractivity contribution is 6.24. The van der Waals surface area contributed by atoms with Crippen LogP contribution in [0.1, 0.15) is 5.56 Å².